The molecule has 1 aromatic rings. The van der Waals surface area contributed by atoms with E-state index in [0.717, 1.165) is 18.6 Å². The zero-order chi connectivity index (χ0) is 14.8. The van der Waals surface area contributed by atoms with Gasteiger partial charge in [-0.2, -0.15) is 21.3 Å². The van der Waals surface area contributed by atoms with Crippen molar-refractivity contribution in [3.05, 3.63) is 28.8 Å². The van der Waals surface area contributed by atoms with Gasteiger partial charge in [0.25, 0.3) is 0 Å². The maximum atomic E-state index is 12.7. The number of nitrogens with zero attached hydrogens (tertiary/aromatic N) is 2. The SMILES string of the molecule is CSC[C@H]1CCCN1S(=O)(=O)c1ccc(C#N)cc1Cl. The van der Waals surface area contributed by atoms with Crippen molar-refractivity contribution >= 4 is 33.4 Å². The first-order valence-electron chi connectivity index (χ1n) is 6.21. The van der Waals surface area contributed by atoms with Crippen LogP contribution in [0.3, 0.4) is 0 Å². The standard InChI is InChI=1S/C13H15ClN2O2S2/c1-19-9-11-3-2-6-16(11)20(17,18)13-5-4-10(8-15)7-12(13)14/h4-5,7,11H,2-3,6,9H2,1H3/t11-/m1/s1. The highest BCUT2D eigenvalue weighted by Crippen LogP contribution is 2.31. The van der Waals surface area contributed by atoms with E-state index in [-0.39, 0.29) is 16.0 Å². The number of halogens is 1. The molecule has 4 nitrogen and oxygen atoms in total. The molecule has 1 aliphatic rings. The minimum atomic E-state index is -3.59. The first-order valence-corrected chi connectivity index (χ1v) is 9.42. The molecule has 1 heterocycles. The summed E-state index contributed by atoms with van der Waals surface area (Å²) >= 11 is 7.68. The largest absolute Gasteiger partial charge is 0.244 e. The normalized spacial score (nSPS) is 19.9. The molecule has 0 aliphatic carbocycles. The van der Waals surface area contributed by atoms with Gasteiger partial charge in [0.2, 0.25) is 10.0 Å². The third-order valence-corrected chi connectivity index (χ3v) is 6.48. The van der Waals surface area contributed by atoms with Crippen LogP contribution in [0.4, 0.5) is 0 Å². The Hall–Kier alpha value is -0.740. The fourth-order valence-corrected chi connectivity index (χ4v) is 5.43. The highest BCUT2D eigenvalue weighted by atomic mass is 35.5. The summed E-state index contributed by atoms with van der Waals surface area (Å²) in [6.45, 7) is 0.532. The highest BCUT2D eigenvalue weighted by molar-refractivity contribution is 7.98. The van der Waals surface area contributed by atoms with E-state index in [4.69, 9.17) is 16.9 Å². The Morgan fingerprint density at radius 1 is 1.55 bits per heavy atom. The van der Waals surface area contributed by atoms with E-state index < -0.39 is 10.0 Å². The van der Waals surface area contributed by atoms with E-state index in [9.17, 15) is 8.42 Å². The summed E-state index contributed by atoms with van der Waals surface area (Å²) in [6.07, 6.45) is 3.73. The number of hydrogen-bond acceptors (Lipinski definition) is 4. The molecule has 108 valence electrons. The zero-order valence-electron chi connectivity index (χ0n) is 11.0. The van der Waals surface area contributed by atoms with Crippen molar-refractivity contribution in [3.8, 4) is 6.07 Å². The van der Waals surface area contributed by atoms with Crippen molar-refractivity contribution in [2.75, 3.05) is 18.6 Å². The second-order valence-corrected chi connectivity index (χ2v) is 7.80. The van der Waals surface area contributed by atoms with E-state index in [0.29, 0.717) is 12.1 Å². The first kappa shape index (κ1) is 15.6. The molecular formula is C13H15ClN2O2S2. The molecule has 7 heteroatoms. The molecule has 0 saturated carbocycles. The van der Waals surface area contributed by atoms with Gasteiger partial charge in [0.15, 0.2) is 0 Å². The van der Waals surface area contributed by atoms with Crippen LogP contribution in [0.25, 0.3) is 0 Å². The van der Waals surface area contributed by atoms with Crippen LogP contribution in [0, 0.1) is 11.3 Å². The van der Waals surface area contributed by atoms with E-state index in [1.165, 1.54) is 22.5 Å². The Labute approximate surface area is 128 Å². The lowest BCUT2D eigenvalue weighted by molar-refractivity contribution is 0.412. The summed E-state index contributed by atoms with van der Waals surface area (Å²) in [5.41, 5.74) is 0.357. The van der Waals surface area contributed by atoms with Gasteiger partial charge in [0, 0.05) is 18.3 Å². The van der Waals surface area contributed by atoms with E-state index in [1.807, 2.05) is 12.3 Å². The molecule has 2 rings (SSSR count). The molecular weight excluding hydrogens is 316 g/mol. The van der Waals surface area contributed by atoms with Crippen LogP contribution in [0.2, 0.25) is 5.02 Å². The lowest BCUT2D eigenvalue weighted by Crippen LogP contribution is -2.37. The van der Waals surface area contributed by atoms with Crippen LogP contribution < -0.4 is 0 Å². The van der Waals surface area contributed by atoms with Crippen LogP contribution >= 0.6 is 23.4 Å². The third kappa shape index (κ3) is 2.96. The van der Waals surface area contributed by atoms with E-state index >= 15 is 0 Å². The summed E-state index contributed by atoms with van der Waals surface area (Å²) in [4.78, 5) is 0.0890. The second kappa shape index (κ2) is 6.35. The fraction of sp³-hybridized carbons (Fsp3) is 0.462. The Morgan fingerprint density at radius 3 is 2.90 bits per heavy atom. The summed E-state index contributed by atoms with van der Waals surface area (Å²) < 4.78 is 26.9. The van der Waals surface area contributed by atoms with Gasteiger partial charge in [0.1, 0.15) is 4.90 Å². The smallest absolute Gasteiger partial charge is 0.207 e. The van der Waals surface area contributed by atoms with Crippen LogP contribution in [0.1, 0.15) is 18.4 Å². The molecule has 0 amide bonds. The van der Waals surface area contributed by atoms with Gasteiger partial charge < -0.3 is 0 Å². The molecule has 0 aromatic heterocycles. The van der Waals surface area contributed by atoms with Crippen LogP contribution in [0.15, 0.2) is 23.1 Å². The molecule has 20 heavy (non-hydrogen) atoms. The van der Waals surface area contributed by atoms with Crippen LogP contribution in [0.5, 0.6) is 0 Å². The Kier molecular flexibility index (Phi) is 4.97. The second-order valence-electron chi connectivity index (χ2n) is 4.62. The molecule has 1 fully saturated rings. The Bertz CT molecular complexity index is 640. The highest BCUT2D eigenvalue weighted by Gasteiger charge is 2.35. The Morgan fingerprint density at radius 2 is 2.30 bits per heavy atom. The maximum absolute atomic E-state index is 12.7. The van der Waals surface area contributed by atoms with Crippen molar-refractivity contribution in [1.82, 2.24) is 4.31 Å². The minimum Gasteiger partial charge on any atom is -0.207 e. The van der Waals surface area contributed by atoms with Gasteiger partial charge in [-0.25, -0.2) is 8.42 Å². The molecule has 0 unspecified atom stereocenters. The van der Waals surface area contributed by atoms with Crippen molar-refractivity contribution < 1.29 is 8.42 Å². The predicted octanol–water partition coefficient (Wildman–Crippen LogP) is 2.73. The molecule has 1 aliphatic heterocycles. The van der Waals surface area contributed by atoms with Gasteiger partial charge >= 0.3 is 0 Å². The van der Waals surface area contributed by atoms with Gasteiger partial charge in [-0.1, -0.05) is 11.6 Å². The van der Waals surface area contributed by atoms with E-state index in [2.05, 4.69) is 0 Å². The number of nitriles is 1. The number of sulfonamides is 1. The topological polar surface area (TPSA) is 61.2 Å². The lowest BCUT2D eigenvalue weighted by atomic mass is 10.2. The monoisotopic (exact) mass is 330 g/mol. The molecule has 0 N–H and O–H groups in total. The molecule has 0 bridgehead atoms. The van der Waals surface area contributed by atoms with Crippen molar-refractivity contribution in [2.45, 2.75) is 23.8 Å². The maximum Gasteiger partial charge on any atom is 0.244 e. The number of benzene rings is 1. The van der Waals surface area contributed by atoms with Crippen molar-refractivity contribution in [3.63, 3.8) is 0 Å². The molecule has 1 saturated heterocycles. The van der Waals surface area contributed by atoms with Gasteiger partial charge in [0.05, 0.1) is 16.7 Å². The Balaban J connectivity index is 2.38. The average molecular weight is 331 g/mol. The van der Waals surface area contributed by atoms with E-state index in [1.54, 1.807) is 11.8 Å². The minimum absolute atomic E-state index is 0.0294. The van der Waals surface area contributed by atoms with Gasteiger partial charge in [-0.3, -0.25) is 0 Å². The molecule has 1 aromatic carbocycles. The molecule has 1 atom stereocenters. The van der Waals surface area contributed by atoms with Gasteiger partial charge in [-0.05, 0) is 37.3 Å². The van der Waals surface area contributed by atoms with Crippen molar-refractivity contribution in [1.29, 1.82) is 5.26 Å². The van der Waals surface area contributed by atoms with Crippen LogP contribution in [-0.2, 0) is 10.0 Å². The summed E-state index contributed by atoms with van der Waals surface area (Å²) in [5, 5.41) is 8.92. The summed E-state index contributed by atoms with van der Waals surface area (Å²) in [5.74, 6) is 0.785. The zero-order valence-corrected chi connectivity index (χ0v) is 13.4. The fourth-order valence-electron chi connectivity index (χ4n) is 2.39. The van der Waals surface area contributed by atoms with Crippen LogP contribution in [-0.4, -0.2) is 37.3 Å². The number of rotatable bonds is 4. The summed E-state index contributed by atoms with van der Waals surface area (Å²) in [6, 6.07) is 6.28. The van der Waals surface area contributed by atoms with Crippen molar-refractivity contribution in [2.24, 2.45) is 0 Å². The quantitative estimate of drug-likeness (QED) is 0.851. The average Bonchev–Trinajstić information content (AvgIpc) is 2.87. The lowest BCUT2D eigenvalue weighted by Gasteiger charge is -2.24. The summed E-state index contributed by atoms with van der Waals surface area (Å²) in [7, 11) is -3.59. The predicted molar refractivity (Wildman–Crippen MR) is 81.5 cm³/mol. The molecule has 0 radical (unpaired) electrons. The first-order chi connectivity index (χ1) is 9.50. The van der Waals surface area contributed by atoms with Gasteiger partial charge in [-0.15, -0.1) is 0 Å². The third-order valence-electron chi connectivity index (χ3n) is 3.33. The molecule has 0 spiro atoms. The number of hydrogen-bond donors (Lipinski definition) is 0. The number of thioether (sulfide) groups is 1.